The molecule has 0 unspecified atom stereocenters. The molecule has 0 heterocycles. The third kappa shape index (κ3) is 28.4. The van der Waals surface area contributed by atoms with E-state index in [2.05, 4.69) is 4.33 Å². The van der Waals surface area contributed by atoms with Gasteiger partial charge in [0.2, 0.25) is 0 Å². The monoisotopic (exact) mass is 172 g/mol. The molecule has 9 heteroatoms. The van der Waals surface area contributed by atoms with Crippen LogP contribution < -0.4 is 29.6 Å². The van der Waals surface area contributed by atoms with Crippen molar-refractivity contribution in [2.24, 2.45) is 0 Å². The molecule has 0 spiro atoms. The Morgan fingerprint density at radius 1 is 1.33 bits per heavy atom. The molecule has 0 aromatic rings. The topological polar surface area (TPSA) is 124 Å². The molecule has 0 fully saturated rings. The molecular formula is H5NaO7S. The van der Waals surface area contributed by atoms with Crippen LogP contribution in [0.25, 0.3) is 0 Å². The maximum atomic E-state index is 9.08. The van der Waals surface area contributed by atoms with E-state index in [4.69, 9.17) is 28.7 Å². The van der Waals surface area contributed by atoms with Gasteiger partial charge in [0.25, 0.3) is 0 Å². The summed E-state index contributed by atoms with van der Waals surface area (Å²) in [5.41, 5.74) is 0. The van der Waals surface area contributed by atoms with E-state index in [1.165, 1.54) is 0 Å². The van der Waals surface area contributed by atoms with Crippen LogP contribution in [0.4, 0.5) is 0 Å². The third-order valence-electron chi connectivity index (χ3n) is 0.0942. The van der Waals surface area contributed by atoms with Crippen molar-refractivity contribution in [2.45, 2.75) is 0 Å². The zero-order chi connectivity index (χ0) is 7.21. The zero-order valence-electron chi connectivity index (χ0n) is 5.42. The molecule has 7 nitrogen and oxygen atoms in total. The molecule has 54 valence electrons. The van der Waals surface area contributed by atoms with Crippen molar-refractivity contribution in [1.29, 1.82) is 0 Å². The number of hydrogen-bond donors (Lipinski definition) is 4. The van der Waals surface area contributed by atoms with Gasteiger partial charge in [-0.1, -0.05) is 4.33 Å². The van der Waals surface area contributed by atoms with Crippen LogP contribution in [-0.4, -0.2) is 28.7 Å². The molecule has 0 aliphatic rings. The fraction of sp³-hybridized carbons (Fsp3) is 0. The van der Waals surface area contributed by atoms with Crippen LogP contribution in [0.2, 0.25) is 0 Å². The minimum atomic E-state index is -4.61. The molecule has 0 atom stereocenters. The van der Waals surface area contributed by atoms with Crippen LogP contribution in [0.1, 0.15) is 1.43 Å². The molecule has 0 aromatic heterocycles. The summed E-state index contributed by atoms with van der Waals surface area (Å²) in [6, 6.07) is 0. The summed E-state index contributed by atoms with van der Waals surface area (Å²) in [4.78, 5) is 0. The van der Waals surface area contributed by atoms with Gasteiger partial charge in [0, 0.05) is 0 Å². The van der Waals surface area contributed by atoms with Crippen LogP contribution in [0.5, 0.6) is 0 Å². The third-order valence-corrected chi connectivity index (χ3v) is 0.283. The van der Waals surface area contributed by atoms with Gasteiger partial charge in [-0.3, -0.25) is 15.1 Å². The summed E-state index contributed by atoms with van der Waals surface area (Å²) in [6.07, 6.45) is 0. The Morgan fingerprint density at radius 3 is 1.44 bits per heavy atom. The molecule has 0 radical (unpaired) electrons. The van der Waals surface area contributed by atoms with Crippen LogP contribution in [-0.2, 0) is 14.7 Å². The van der Waals surface area contributed by atoms with Gasteiger partial charge >= 0.3 is 40.0 Å². The normalized spacial score (nSPS) is 8.44. The maximum absolute atomic E-state index is 9.08. The molecule has 4 N–H and O–H groups in total. The van der Waals surface area contributed by atoms with Crippen LogP contribution >= 0.6 is 0 Å². The Hall–Kier alpha value is 0.750. The molecule has 0 rings (SSSR count). The van der Waals surface area contributed by atoms with Gasteiger partial charge in [-0.25, -0.2) is 5.26 Å². The smallest absolute Gasteiger partial charge is 1.00 e. The van der Waals surface area contributed by atoms with E-state index in [0.717, 1.165) is 0 Å². The molecule has 0 bridgehead atoms. The Bertz CT molecular complexity index is 116. The van der Waals surface area contributed by atoms with Crippen molar-refractivity contribution in [2.75, 3.05) is 0 Å². The van der Waals surface area contributed by atoms with Crippen LogP contribution in [0.15, 0.2) is 0 Å². The van der Waals surface area contributed by atoms with Crippen molar-refractivity contribution < 1.29 is 64.1 Å². The van der Waals surface area contributed by atoms with Crippen LogP contribution in [0.3, 0.4) is 0 Å². The molecule has 0 aliphatic carbocycles. The molecule has 0 saturated heterocycles. The standard InChI is InChI=1S/Na.H2O5S.H2O2.H/c;1-5-6(2,3)4;1-2;/h;1H,(H,2,3,4);1-2H;/q+1;;;-1. The Morgan fingerprint density at radius 2 is 1.44 bits per heavy atom. The molecule has 0 saturated carbocycles. The first-order valence-corrected chi connectivity index (χ1v) is 2.43. The van der Waals surface area contributed by atoms with Crippen molar-refractivity contribution >= 4 is 10.4 Å². The van der Waals surface area contributed by atoms with Crippen molar-refractivity contribution in [1.82, 2.24) is 0 Å². The van der Waals surface area contributed by atoms with Gasteiger partial charge < -0.3 is 1.43 Å². The van der Waals surface area contributed by atoms with E-state index < -0.39 is 10.4 Å². The predicted molar refractivity (Wildman–Crippen MR) is 21.6 cm³/mol. The van der Waals surface area contributed by atoms with Gasteiger partial charge in [-0.15, -0.1) is 0 Å². The average Bonchev–Trinajstić information content (AvgIpc) is 1.71. The van der Waals surface area contributed by atoms with Crippen molar-refractivity contribution in [3.63, 3.8) is 0 Å². The zero-order valence-corrected chi connectivity index (χ0v) is 7.24. The molecule has 0 aliphatic heterocycles. The van der Waals surface area contributed by atoms with E-state index in [1.54, 1.807) is 0 Å². The van der Waals surface area contributed by atoms with Gasteiger partial charge in [-0.2, -0.15) is 8.42 Å². The fourth-order valence-corrected chi connectivity index (χ4v) is 0. The van der Waals surface area contributed by atoms with E-state index >= 15 is 0 Å². The first-order valence-electron chi connectivity index (χ1n) is 1.07. The van der Waals surface area contributed by atoms with Gasteiger partial charge in [0.15, 0.2) is 0 Å². The molecule has 9 heavy (non-hydrogen) atoms. The summed E-state index contributed by atoms with van der Waals surface area (Å²) in [5.74, 6) is 0. The SMILES string of the molecule is O=S(=O)(O)OO.OO.[H-].[Na+]. The van der Waals surface area contributed by atoms with E-state index in [9.17, 15) is 0 Å². The van der Waals surface area contributed by atoms with Crippen molar-refractivity contribution in [3.8, 4) is 0 Å². The fourth-order valence-electron chi connectivity index (χ4n) is 0. The van der Waals surface area contributed by atoms with Gasteiger partial charge in [0.1, 0.15) is 0 Å². The Balaban J connectivity index is -0.0000000412. The summed E-state index contributed by atoms with van der Waals surface area (Å²) in [7, 11) is -4.61. The Labute approximate surface area is 74.5 Å². The summed E-state index contributed by atoms with van der Waals surface area (Å²) >= 11 is 0. The second-order valence-electron chi connectivity index (χ2n) is 0.502. The molecule has 0 amide bonds. The summed E-state index contributed by atoms with van der Waals surface area (Å²) < 4.78 is 28.0. The van der Waals surface area contributed by atoms with E-state index in [0.29, 0.717) is 0 Å². The quantitative estimate of drug-likeness (QED) is 0.139. The second-order valence-corrected chi connectivity index (χ2v) is 1.51. The summed E-state index contributed by atoms with van der Waals surface area (Å²) in [6.45, 7) is 0. The predicted octanol–water partition coefficient (Wildman–Crippen LogP) is -3.59. The van der Waals surface area contributed by atoms with E-state index in [1.807, 2.05) is 0 Å². The maximum Gasteiger partial charge on any atom is 1.00 e. The minimum Gasteiger partial charge on any atom is -1.00 e. The number of hydrogen-bond acceptors (Lipinski definition) is 6. The first kappa shape index (κ1) is 16.4. The molecular weight excluding hydrogens is 167 g/mol. The van der Waals surface area contributed by atoms with Crippen LogP contribution in [0, 0.1) is 0 Å². The summed E-state index contributed by atoms with van der Waals surface area (Å²) in [5, 5.41) is 19.1. The first-order chi connectivity index (χ1) is 3.56. The minimum absolute atomic E-state index is 0. The van der Waals surface area contributed by atoms with Crippen molar-refractivity contribution in [3.05, 3.63) is 0 Å². The van der Waals surface area contributed by atoms with E-state index in [-0.39, 0.29) is 31.0 Å². The second kappa shape index (κ2) is 8.75. The Kier molecular flexibility index (Phi) is 15.9. The van der Waals surface area contributed by atoms with Gasteiger partial charge in [-0.05, 0) is 0 Å². The largest absolute Gasteiger partial charge is 1.00 e. The number of rotatable bonds is 1. The average molecular weight is 172 g/mol. The van der Waals surface area contributed by atoms with Gasteiger partial charge in [0.05, 0.1) is 0 Å². The molecule has 0 aromatic carbocycles.